The van der Waals surface area contributed by atoms with Crippen molar-refractivity contribution >= 4 is 0 Å². The summed E-state index contributed by atoms with van der Waals surface area (Å²) in [7, 11) is 0. The van der Waals surface area contributed by atoms with Crippen LogP contribution < -0.4 is 0 Å². The smallest absolute Gasteiger partial charge is 0.118 e. The van der Waals surface area contributed by atoms with E-state index in [1.165, 1.54) is 0 Å². The highest BCUT2D eigenvalue weighted by Crippen LogP contribution is 2.58. The summed E-state index contributed by atoms with van der Waals surface area (Å²) < 4.78 is 0. The van der Waals surface area contributed by atoms with Gasteiger partial charge in [-0.25, -0.2) is 0 Å². The number of benzene rings is 2. The van der Waals surface area contributed by atoms with Gasteiger partial charge < -0.3 is 10.2 Å². The molecule has 1 aliphatic carbocycles. The molecule has 23 heavy (non-hydrogen) atoms. The molecule has 0 saturated heterocycles. The third-order valence-corrected chi connectivity index (χ3v) is 6.11. The van der Waals surface area contributed by atoms with Crippen LogP contribution in [0.5, 0.6) is 0 Å². The van der Waals surface area contributed by atoms with Crippen molar-refractivity contribution < 1.29 is 10.2 Å². The highest BCUT2D eigenvalue weighted by molar-refractivity contribution is 5.38. The van der Waals surface area contributed by atoms with E-state index in [1.54, 1.807) is 0 Å². The maximum absolute atomic E-state index is 11.9. The Kier molecular flexibility index (Phi) is 3.86. The average Bonchev–Trinajstić information content (AvgIpc) is 2.77. The maximum Gasteiger partial charge on any atom is 0.118 e. The standard InChI is InChI=1S/C21H26O2/c1-19(2)18(14-15-20(19,3)22)21(23,16-10-6-4-7-11-16)17-12-8-5-9-13-17/h4-13,18,22-23H,14-15H2,1-3H3/t18-,20+/m0/s1. The van der Waals surface area contributed by atoms with E-state index in [0.717, 1.165) is 17.5 Å². The van der Waals surface area contributed by atoms with Crippen LogP contribution in [0.1, 0.15) is 44.7 Å². The van der Waals surface area contributed by atoms with Gasteiger partial charge in [-0.05, 0) is 36.3 Å². The van der Waals surface area contributed by atoms with Crippen molar-refractivity contribution in [3.05, 3.63) is 71.8 Å². The van der Waals surface area contributed by atoms with Gasteiger partial charge in [0.15, 0.2) is 0 Å². The van der Waals surface area contributed by atoms with E-state index in [0.29, 0.717) is 6.42 Å². The lowest BCUT2D eigenvalue weighted by atomic mass is 9.63. The molecular weight excluding hydrogens is 284 g/mol. The van der Waals surface area contributed by atoms with Gasteiger partial charge in [0, 0.05) is 5.92 Å². The summed E-state index contributed by atoms with van der Waals surface area (Å²) in [5.74, 6) is -0.0604. The van der Waals surface area contributed by atoms with Gasteiger partial charge in [-0.15, -0.1) is 0 Å². The van der Waals surface area contributed by atoms with Crippen molar-refractivity contribution in [2.24, 2.45) is 11.3 Å². The molecule has 0 aromatic heterocycles. The zero-order valence-electron chi connectivity index (χ0n) is 14.2. The molecule has 2 heteroatoms. The molecule has 0 bridgehead atoms. The van der Waals surface area contributed by atoms with Crippen molar-refractivity contribution in [1.29, 1.82) is 0 Å². The lowest BCUT2D eigenvalue weighted by molar-refractivity contribution is -0.0948. The van der Waals surface area contributed by atoms with Crippen LogP contribution in [0, 0.1) is 11.3 Å². The summed E-state index contributed by atoms with van der Waals surface area (Å²) in [6.45, 7) is 6.03. The molecule has 0 heterocycles. The maximum atomic E-state index is 11.9. The number of hydrogen-bond donors (Lipinski definition) is 2. The minimum Gasteiger partial charge on any atom is -0.390 e. The molecule has 1 saturated carbocycles. The van der Waals surface area contributed by atoms with Crippen LogP contribution in [0.2, 0.25) is 0 Å². The van der Waals surface area contributed by atoms with Crippen molar-refractivity contribution in [3.63, 3.8) is 0 Å². The second-order valence-corrected chi connectivity index (χ2v) is 7.59. The summed E-state index contributed by atoms with van der Waals surface area (Å²) >= 11 is 0. The molecule has 1 fully saturated rings. The first-order chi connectivity index (χ1) is 10.8. The number of hydrogen-bond acceptors (Lipinski definition) is 2. The fraction of sp³-hybridized carbons (Fsp3) is 0.429. The normalized spacial score (nSPS) is 27.1. The highest BCUT2D eigenvalue weighted by Gasteiger charge is 2.58. The summed E-state index contributed by atoms with van der Waals surface area (Å²) in [6, 6.07) is 19.7. The second kappa shape index (κ2) is 5.47. The number of aliphatic hydroxyl groups is 2. The fourth-order valence-corrected chi connectivity index (χ4v) is 4.17. The predicted octanol–water partition coefficient (Wildman–Crippen LogP) is 4.11. The zero-order valence-corrected chi connectivity index (χ0v) is 14.2. The Balaban J connectivity index is 2.19. The topological polar surface area (TPSA) is 40.5 Å². The third kappa shape index (κ3) is 2.41. The molecular formula is C21H26O2. The molecule has 0 aliphatic heterocycles. The summed E-state index contributed by atoms with van der Waals surface area (Å²) in [6.07, 6.45) is 1.49. The Morgan fingerprint density at radius 1 is 0.870 bits per heavy atom. The van der Waals surface area contributed by atoms with Gasteiger partial charge in [0.2, 0.25) is 0 Å². The minimum absolute atomic E-state index is 0.0604. The van der Waals surface area contributed by atoms with Gasteiger partial charge in [-0.3, -0.25) is 0 Å². The zero-order chi connectivity index (χ0) is 16.7. The molecule has 0 radical (unpaired) electrons. The molecule has 3 rings (SSSR count). The average molecular weight is 310 g/mol. The SMILES string of the molecule is CC1(C)[C@@H](C(O)(c2ccccc2)c2ccccc2)CC[C@@]1(C)O. The fourth-order valence-electron chi connectivity index (χ4n) is 4.17. The first-order valence-electron chi connectivity index (χ1n) is 8.36. The van der Waals surface area contributed by atoms with E-state index < -0.39 is 16.6 Å². The summed E-state index contributed by atoms with van der Waals surface area (Å²) in [5.41, 5.74) is -0.501. The van der Waals surface area contributed by atoms with Crippen LogP contribution in [-0.4, -0.2) is 15.8 Å². The van der Waals surface area contributed by atoms with Crippen LogP contribution in [0.25, 0.3) is 0 Å². The van der Waals surface area contributed by atoms with E-state index in [1.807, 2.05) is 67.6 Å². The quantitative estimate of drug-likeness (QED) is 0.895. The Morgan fingerprint density at radius 3 is 1.65 bits per heavy atom. The van der Waals surface area contributed by atoms with Crippen molar-refractivity contribution in [2.45, 2.75) is 44.8 Å². The van der Waals surface area contributed by atoms with Gasteiger partial charge in [-0.2, -0.15) is 0 Å². The van der Waals surface area contributed by atoms with E-state index in [2.05, 4.69) is 13.8 Å². The van der Waals surface area contributed by atoms with E-state index >= 15 is 0 Å². The number of rotatable bonds is 3. The molecule has 2 N–H and O–H groups in total. The lowest BCUT2D eigenvalue weighted by Crippen LogP contribution is -2.48. The van der Waals surface area contributed by atoms with Gasteiger partial charge in [0.25, 0.3) is 0 Å². The summed E-state index contributed by atoms with van der Waals surface area (Å²) in [5, 5.41) is 22.7. The van der Waals surface area contributed by atoms with Crippen LogP contribution in [0.3, 0.4) is 0 Å². The summed E-state index contributed by atoms with van der Waals surface area (Å²) in [4.78, 5) is 0. The van der Waals surface area contributed by atoms with Crippen molar-refractivity contribution in [3.8, 4) is 0 Å². The largest absolute Gasteiger partial charge is 0.390 e. The van der Waals surface area contributed by atoms with Crippen LogP contribution in [0.15, 0.2) is 60.7 Å². The lowest BCUT2D eigenvalue weighted by Gasteiger charge is -2.46. The molecule has 2 aromatic carbocycles. The Hall–Kier alpha value is -1.64. The van der Waals surface area contributed by atoms with Crippen molar-refractivity contribution in [1.82, 2.24) is 0 Å². The Bertz CT molecular complexity index is 619. The van der Waals surface area contributed by atoms with Gasteiger partial charge in [-0.1, -0.05) is 74.5 Å². The molecule has 0 amide bonds. The van der Waals surface area contributed by atoms with Gasteiger partial charge in [0.05, 0.1) is 5.60 Å². The Labute approximate surface area is 138 Å². The molecule has 1 aliphatic rings. The first-order valence-corrected chi connectivity index (χ1v) is 8.36. The molecule has 122 valence electrons. The monoisotopic (exact) mass is 310 g/mol. The second-order valence-electron chi connectivity index (χ2n) is 7.59. The third-order valence-electron chi connectivity index (χ3n) is 6.11. The van der Waals surface area contributed by atoms with E-state index in [4.69, 9.17) is 0 Å². The highest BCUT2D eigenvalue weighted by atomic mass is 16.3. The molecule has 2 aromatic rings. The predicted molar refractivity (Wildman–Crippen MR) is 93.0 cm³/mol. The Morgan fingerprint density at radius 2 is 1.30 bits per heavy atom. The van der Waals surface area contributed by atoms with E-state index in [-0.39, 0.29) is 5.92 Å². The molecule has 2 nitrogen and oxygen atoms in total. The molecule has 0 spiro atoms. The van der Waals surface area contributed by atoms with Gasteiger partial charge in [0.1, 0.15) is 5.60 Å². The molecule has 0 unspecified atom stereocenters. The van der Waals surface area contributed by atoms with Gasteiger partial charge >= 0.3 is 0 Å². The first kappa shape index (κ1) is 16.2. The minimum atomic E-state index is -1.10. The molecule has 2 atom stereocenters. The van der Waals surface area contributed by atoms with E-state index in [9.17, 15) is 10.2 Å². The van der Waals surface area contributed by atoms with Crippen molar-refractivity contribution in [2.75, 3.05) is 0 Å². The van der Waals surface area contributed by atoms with Crippen LogP contribution in [0.4, 0.5) is 0 Å². The van der Waals surface area contributed by atoms with Crippen LogP contribution in [-0.2, 0) is 5.60 Å². The van der Waals surface area contributed by atoms with Crippen LogP contribution >= 0.6 is 0 Å².